The molecule has 0 fully saturated rings. The van der Waals surface area contributed by atoms with Gasteiger partial charge in [0.15, 0.2) is 6.61 Å². The molecule has 0 aliphatic carbocycles. The smallest absolute Gasteiger partial charge is 0.310 e. The van der Waals surface area contributed by atoms with E-state index >= 15 is 0 Å². The van der Waals surface area contributed by atoms with Gasteiger partial charge in [-0.25, -0.2) is 0 Å². The molecule has 0 saturated heterocycles. The summed E-state index contributed by atoms with van der Waals surface area (Å²) in [6.07, 6.45) is 0.0631. The second-order valence-corrected chi connectivity index (χ2v) is 4.42. The van der Waals surface area contributed by atoms with Crippen molar-refractivity contribution in [3.05, 3.63) is 29.8 Å². The number of carbonyl (C=O) groups is 3. The van der Waals surface area contributed by atoms with E-state index in [1.54, 1.807) is 38.3 Å². The Balaban J connectivity index is 2.27. The molecule has 0 bridgehead atoms. The van der Waals surface area contributed by atoms with Crippen LogP contribution in [0.25, 0.3) is 0 Å². The zero-order valence-corrected chi connectivity index (χ0v) is 12.7. The maximum Gasteiger partial charge on any atom is 0.310 e. The fourth-order valence-corrected chi connectivity index (χ4v) is 1.60. The van der Waals surface area contributed by atoms with Gasteiger partial charge in [0.1, 0.15) is 5.75 Å². The average molecular weight is 308 g/mol. The first-order chi connectivity index (χ1) is 10.5. The van der Waals surface area contributed by atoms with Gasteiger partial charge in [0.25, 0.3) is 5.91 Å². The highest BCUT2D eigenvalue weighted by Crippen LogP contribution is 2.11. The van der Waals surface area contributed by atoms with E-state index in [0.29, 0.717) is 12.3 Å². The Morgan fingerprint density at radius 3 is 2.32 bits per heavy atom. The van der Waals surface area contributed by atoms with Crippen molar-refractivity contribution in [1.29, 1.82) is 0 Å². The molecule has 1 aromatic rings. The standard InChI is InChI=1S/C15H20N2O5/c1-3-16-13(18)9-17-14(19)10-22-15(20)8-11-4-6-12(21-2)7-5-11/h4-7H,3,8-10H2,1-2H3,(H,16,18)(H,17,19). The number of nitrogens with one attached hydrogen (secondary N) is 2. The first-order valence-corrected chi connectivity index (χ1v) is 6.87. The highest BCUT2D eigenvalue weighted by Gasteiger charge is 2.09. The van der Waals surface area contributed by atoms with Crippen LogP contribution < -0.4 is 15.4 Å². The van der Waals surface area contributed by atoms with Gasteiger partial charge < -0.3 is 20.1 Å². The van der Waals surface area contributed by atoms with E-state index in [-0.39, 0.29) is 18.9 Å². The van der Waals surface area contributed by atoms with E-state index < -0.39 is 18.5 Å². The molecule has 22 heavy (non-hydrogen) atoms. The van der Waals surface area contributed by atoms with E-state index in [4.69, 9.17) is 9.47 Å². The lowest BCUT2D eigenvalue weighted by Gasteiger charge is -2.07. The molecule has 0 radical (unpaired) electrons. The van der Waals surface area contributed by atoms with Crippen LogP contribution in [0.3, 0.4) is 0 Å². The number of methoxy groups -OCH3 is 1. The Kier molecular flexibility index (Phi) is 7.45. The molecule has 120 valence electrons. The summed E-state index contributed by atoms with van der Waals surface area (Å²) in [5.74, 6) is -0.630. The number of esters is 1. The van der Waals surface area contributed by atoms with Gasteiger partial charge in [-0.1, -0.05) is 12.1 Å². The van der Waals surface area contributed by atoms with Gasteiger partial charge in [0.2, 0.25) is 5.91 Å². The molecule has 0 saturated carbocycles. The van der Waals surface area contributed by atoms with E-state index in [0.717, 1.165) is 5.56 Å². The number of likely N-dealkylation sites (N-methyl/N-ethyl adjacent to an activating group) is 1. The summed E-state index contributed by atoms with van der Waals surface area (Å²) >= 11 is 0. The summed E-state index contributed by atoms with van der Waals surface area (Å²) in [7, 11) is 1.56. The second-order valence-electron chi connectivity index (χ2n) is 4.42. The molecular weight excluding hydrogens is 288 g/mol. The number of rotatable bonds is 8. The molecule has 0 atom stereocenters. The first kappa shape index (κ1) is 17.5. The van der Waals surface area contributed by atoms with Gasteiger partial charge >= 0.3 is 5.97 Å². The van der Waals surface area contributed by atoms with Crippen LogP contribution in [0, 0.1) is 0 Å². The molecule has 0 heterocycles. The topological polar surface area (TPSA) is 93.7 Å². The maximum atomic E-state index is 11.6. The molecule has 7 nitrogen and oxygen atoms in total. The van der Waals surface area contributed by atoms with Crippen LogP contribution >= 0.6 is 0 Å². The molecule has 0 spiro atoms. The third kappa shape index (κ3) is 6.74. The molecule has 0 aromatic heterocycles. The second kappa shape index (κ2) is 9.38. The lowest BCUT2D eigenvalue weighted by molar-refractivity contribution is -0.147. The monoisotopic (exact) mass is 308 g/mol. The molecule has 1 rings (SSSR count). The van der Waals surface area contributed by atoms with Gasteiger partial charge in [0.05, 0.1) is 20.1 Å². The minimum absolute atomic E-state index is 0.0631. The van der Waals surface area contributed by atoms with E-state index in [9.17, 15) is 14.4 Å². The van der Waals surface area contributed by atoms with Gasteiger partial charge in [-0.3, -0.25) is 14.4 Å². The minimum Gasteiger partial charge on any atom is -0.497 e. The molecule has 0 unspecified atom stereocenters. The molecule has 0 aliphatic rings. The quantitative estimate of drug-likeness (QED) is 0.661. The summed E-state index contributed by atoms with van der Waals surface area (Å²) in [4.78, 5) is 34.1. The van der Waals surface area contributed by atoms with Crippen LogP contribution in [0.4, 0.5) is 0 Å². The molecule has 2 amide bonds. The van der Waals surface area contributed by atoms with Crippen molar-refractivity contribution in [2.75, 3.05) is 26.8 Å². The van der Waals surface area contributed by atoms with E-state index in [2.05, 4.69) is 10.6 Å². The van der Waals surface area contributed by atoms with Crippen LogP contribution in [0.2, 0.25) is 0 Å². The molecule has 7 heteroatoms. The zero-order chi connectivity index (χ0) is 16.4. The summed E-state index contributed by atoms with van der Waals surface area (Å²) in [6, 6.07) is 6.97. The molecule has 1 aromatic carbocycles. The minimum atomic E-state index is -0.519. The highest BCUT2D eigenvalue weighted by atomic mass is 16.5. The van der Waals surface area contributed by atoms with Crippen molar-refractivity contribution in [2.45, 2.75) is 13.3 Å². The Labute approximate surface area is 129 Å². The van der Waals surface area contributed by atoms with Crippen molar-refractivity contribution in [3.63, 3.8) is 0 Å². The third-order valence-corrected chi connectivity index (χ3v) is 2.69. The number of hydrogen-bond acceptors (Lipinski definition) is 5. The van der Waals surface area contributed by atoms with Crippen molar-refractivity contribution < 1.29 is 23.9 Å². The lowest BCUT2D eigenvalue weighted by Crippen LogP contribution is -2.38. The van der Waals surface area contributed by atoms with Gasteiger partial charge in [-0.2, -0.15) is 0 Å². The van der Waals surface area contributed by atoms with Gasteiger partial charge in [-0.05, 0) is 24.6 Å². The predicted molar refractivity (Wildman–Crippen MR) is 79.4 cm³/mol. The van der Waals surface area contributed by atoms with Crippen molar-refractivity contribution >= 4 is 17.8 Å². The Bertz CT molecular complexity index is 513. The number of amides is 2. The molecule has 0 aliphatic heterocycles. The predicted octanol–water partition coefficient (Wildman–Crippen LogP) is 0.0332. The normalized spacial score (nSPS) is 9.73. The number of carbonyl (C=O) groups excluding carboxylic acids is 3. The van der Waals surface area contributed by atoms with Crippen LogP contribution in [0.5, 0.6) is 5.75 Å². The summed E-state index contributed by atoms with van der Waals surface area (Å²) in [6.45, 7) is 1.73. The van der Waals surface area contributed by atoms with Crippen LogP contribution in [0.1, 0.15) is 12.5 Å². The maximum absolute atomic E-state index is 11.6. The number of benzene rings is 1. The first-order valence-electron chi connectivity index (χ1n) is 6.87. The van der Waals surface area contributed by atoms with Crippen molar-refractivity contribution in [2.24, 2.45) is 0 Å². The lowest BCUT2D eigenvalue weighted by atomic mass is 10.1. The molecule has 2 N–H and O–H groups in total. The Hall–Kier alpha value is -2.57. The SMILES string of the molecule is CCNC(=O)CNC(=O)COC(=O)Cc1ccc(OC)cc1. The van der Waals surface area contributed by atoms with E-state index in [1.165, 1.54) is 0 Å². The number of hydrogen-bond donors (Lipinski definition) is 2. The van der Waals surface area contributed by atoms with Crippen molar-refractivity contribution in [1.82, 2.24) is 10.6 Å². The third-order valence-electron chi connectivity index (χ3n) is 2.69. The summed E-state index contributed by atoms with van der Waals surface area (Å²) in [5, 5.41) is 4.89. The van der Waals surface area contributed by atoms with Crippen LogP contribution in [0.15, 0.2) is 24.3 Å². The Morgan fingerprint density at radius 2 is 1.73 bits per heavy atom. The largest absolute Gasteiger partial charge is 0.497 e. The van der Waals surface area contributed by atoms with Gasteiger partial charge in [0, 0.05) is 6.54 Å². The number of ether oxygens (including phenoxy) is 2. The van der Waals surface area contributed by atoms with Crippen molar-refractivity contribution in [3.8, 4) is 5.75 Å². The zero-order valence-electron chi connectivity index (χ0n) is 12.7. The van der Waals surface area contributed by atoms with Crippen LogP contribution in [-0.4, -0.2) is 44.6 Å². The summed E-state index contributed by atoms with van der Waals surface area (Å²) in [5.41, 5.74) is 0.758. The molecular formula is C15H20N2O5. The summed E-state index contributed by atoms with van der Waals surface area (Å²) < 4.78 is 9.86. The Morgan fingerprint density at radius 1 is 1.05 bits per heavy atom. The van der Waals surface area contributed by atoms with Gasteiger partial charge in [-0.15, -0.1) is 0 Å². The highest BCUT2D eigenvalue weighted by molar-refractivity contribution is 5.86. The fraction of sp³-hybridized carbons (Fsp3) is 0.400. The average Bonchev–Trinajstić information content (AvgIpc) is 2.52. The van der Waals surface area contributed by atoms with Crippen LogP contribution in [-0.2, 0) is 25.5 Å². The van der Waals surface area contributed by atoms with E-state index in [1.807, 2.05) is 0 Å². The fourth-order valence-electron chi connectivity index (χ4n) is 1.60.